The van der Waals surface area contributed by atoms with Crippen LogP contribution in [0.25, 0.3) is 11.0 Å². The molecule has 108 valence electrons. The molecule has 0 radical (unpaired) electrons. The Morgan fingerprint density at radius 2 is 2.00 bits per heavy atom. The second-order valence-electron chi connectivity index (χ2n) is 4.08. The Morgan fingerprint density at radius 1 is 1.24 bits per heavy atom. The van der Waals surface area contributed by atoms with Gasteiger partial charge in [0.15, 0.2) is 0 Å². The minimum atomic E-state index is -0.411. The highest BCUT2D eigenvalue weighted by molar-refractivity contribution is 7.13. The van der Waals surface area contributed by atoms with Crippen molar-refractivity contribution in [3.05, 3.63) is 43.2 Å². The molecule has 21 heavy (non-hydrogen) atoms. The molecule has 1 N–H and O–H groups in total. The van der Waals surface area contributed by atoms with Crippen molar-refractivity contribution in [2.24, 2.45) is 0 Å². The van der Waals surface area contributed by atoms with Crippen molar-refractivity contribution in [2.45, 2.75) is 6.54 Å². The zero-order valence-electron chi connectivity index (χ0n) is 10.2. The van der Waals surface area contributed by atoms with Crippen molar-refractivity contribution >= 4 is 68.0 Å². The van der Waals surface area contributed by atoms with Crippen LogP contribution >= 0.6 is 46.3 Å². The van der Waals surface area contributed by atoms with Gasteiger partial charge in [0.25, 0.3) is 0 Å². The highest BCUT2D eigenvalue weighted by atomic mass is 35.5. The largest absolute Gasteiger partial charge is 0.378 e. The summed E-state index contributed by atoms with van der Waals surface area (Å²) in [5.41, 5.74) is 2.61. The van der Waals surface area contributed by atoms with Crippen LogP contribution in [-0.2, 0) is 6.54 Å². The first-order valence-electron chi connectivity index (χ1n) is 5.62. The van der Waals surface area contributed by atoms with Crippen molar-refractivity contribution in [1.29, 1.82) is 0 Å². The Labute approximate surface area is 136 Å². The third-order valence-corrected chi connectivity index (χ3v) is 4.78. The molecule has 0 aliphatic carbocycles. The molecule has 10 heteroatoms. The molecule has 0 saturated heterocycles. The maximum atomic E-state index is 10.7. The summed E-state index contributed by atoms with van der Waals surface area (Å²) in [4.78, 5) is 10.3. The lowest BCUT2D eigenvalue weighted by Crippen LogP contribution is -2.00. The molecule has 6 nitrogen and oxygen atoms in total. The number of fused-ring (bicyclic) bond motifs is 1. The van der Waals surface area contributed by atoms with Gasteiger partial charge < -0.3 is 5.32 Å². The molecular weight excluding hydrogens is 355 g/mol. The zero-order chi connectivity index (χ0) is 15.0. The number of thiophene rings is 1. The van der Waals surface area contributed by atoms with E-state index in [0.717, 1.165) is 28.6 Å². The molecule has 2 heterocycles. The van der Waals surface area contributed by atoms with E-state index in [2.05, 4.69) is 14.1 Å². The number of hydrogen-bond donors (Lipinski definition) is 1. The van der Waals surface area contributed by atoms with Gasteiger partial charge >= 0.3 is 5.00 Å². The molecule has 1 aromatic carbocycles. The van der Waals surface area contributed by atoms with Crippen molar-refractivity contribution in [1.82, 2.24) is 8.75 Å². The van der Waals surface area contributed by atoms with Crippen molar-refractivity contribution in [3.8, 4) is 0 Å². The number of benzene rings is 1. The van der Waals surface area contributed by atoms with E-state index in [1.54, 1.807) is 11.4 Å². The fraction of sp³-hybridized carbons (Fsp3) is 0.0909. The second kappa shape index (κ2) is 5.72. The molecule has 0 aliphatic rings. The normalized spacial score (nSPS) is 11.0. The number of nitrogens with zero attached hydrogens (tertiary/aromatic N) is 3. The topological polar surface area (TPSA) is 81.0 Å². The predicted molar refractivity (Wildman–Crippen MR) is 85.7 cm³/mol. The molecule has 0 bridgehead atoms. The number of anilines is 1. The predicted octanol–water partition coefficient (Wildman–Crippen LogP) is 4.58. The minimum Gasteiger partial charge on any atom is -0.378 e. The van der Waals surface area contributed by atoms with Crippen LogP contribution in [0.5, 0.6) is 0 Å². The number of hydrogen-bond acceptors (Lipinski definition) is 7. The van der Waals surface area contributed by atoms with Crippen molar-refractivity contribution in [3.63, 3.8) is 0 Å². The first-order chi connectivity index (χ1) is 10.1. The summed E-state index contributed by atoms with van der Waals surface area (Å²) >= 11 is 14.4. The summed E-state index contributed by atoms with van der Waals surface area (Å²) in [6.07, 6.45) is 0. The molecule has 0 spiro atoms. The molecule has 0 aliphatic heterocycles. The number of halogens is 2. The zero-order valence-corrected chi connectivity index (χ0v) is 13.3. The molecule has 3 aromatic rings. The smallest absolute Gasteiger partial charge is 0.324 e. The standard InChI is InChI=1S/C11H6Cl2N4O2S2/c12-6-2-7(13)10-11(16-21-15-10)9(6)14-3-5-1-8(17(18)19)20-4-5/h1-2,4,14H,3H2. The highest BCUT2D eigenvalue weighted by Gasteiger charge is 2.15. The van der Waals surface area contributed by atoms with Crippen LogP contribution < -0.4 is 5.32 Å². The van der Waals surface area contributed by atoms with Gasteiger partial charge in [-0.2, -0.15) is 8.75 Å². The van der Waals surface area contributed by atoms with Crippen molar-refractivity contribution in [2.75, 3.05) is 5.32 Å². The average molecular weight is 361 g/mol. The quantitative estimate of drug-likeness (QED) is 0.543. The third kappa shape index (κ3) is 2.80. The second-order valence-corrected chi connectivity index (χ2v) is 6.31. The number of nitro groups is 1. The van der Waals surface area contributed by atoms with E-state index in [4.69, 9.17) is 23.2 Å². The lowest BCUT2D eigenvalue weighted by Gasteiger charge is -2.08. The van der Waals surface area contributed by atoms with Gasteiger partial charge in [0.05, 0.1) is 32.4 Å². The molecule has 0 unspecified atom stereocenters. The minimum absolute atomic E-state index is 0.106. The Bertz CT molecular complexity index is 833. The Kier molecular flexibility index (Phi) is 3.94. The lowest BCUT2D eigenvalue weighted by atomic mass is 10.2. The van der Waals surface area contributed by atoms with Gasteiger partial charge in [0, 0.05) is 18.0 Å². The third-order valence-electron chi connectivity index (χ3n) is 2.73. The van der Waals surface area contributed by atoms with Gasteiger partial charge in [-0.25, -0.2) is 0 Å². The molecule has 3 rings (SSSR count). The molecule has 0 fully saturated rings. The van der Waals surface area contributed by atoms with Crippen LogP contribution in [0.15, 0.2) is 17.5 Å². The van der Waals surface area contributed by atoms with Crippen LogP contribution in [0.2, 0.25) is 10.0 Å². The van der Waals surface area contributed by atoms with E-state index in [9.17, 15) is 10.1 Å². The monoisotopic (exact) mass is 360 g/mol. The van der Waals surface area contributed by atoms with Gasteiger partial charge in [-0.05, 0) is 11.6 Å². The highest BCUT2D eigenvalue weighted by Crippen LogP contribution is 2.35. The summed E-state index contributed by atoms with van der Waals surface area (Å²) in [6, 6.07) is 3.13. The maximum Gasteiger partial charge on any atom is 0.324 e. The molecule has 0 saturated carbocycles. The summed E-state index contributed by atoms with van der Waals surface area (Å²) in [6.45, 7) is 0.401. The number of rotatable bonds is 4. The summed E-state index contributed by atoms with van der Waals surface area (Å²) in [5, 5.41) is 16.5. The number of nitrogens with one attached hydrogen (secondary N) is 1. The van der Waals surface area contributed by atoms with E-state index in [-0.39, 0.29) is 5.00 Å². The molecular formula is C11H6Cl2N4O2S2. The van der Waals surface area contributed by atoms with Gasteiger partial charge in [-0.3, -0.25) is 10.1 Å². The van der Waals surface area contributed by atoms with Crippen LogP contribution in [0.4, 0.5) is 10.7 Å². The molecule has 0 amide bonds. The van der Waals surface area contributed by atoms with Gasteiger partial charge in [-0.15, -0.1) is 0 Å². The average Bonchev–Trinajstić information content (AvgIpc) is 3.06. The Morgan fingerprint density at radius 3 is 2.71 bits per heavy atom. The lowest BCUT2D eigenvalue weighted by molar-refractivity contribution is -0.380. The summed E-state index contributed by atoms with van der Waals surface area (Å²) < 4.78 is 8.29. The van der Waals surface area contributed by atoms with Crippen LogP contribution in [-0.4, -0.2) is 13.7 Å². The Balaban J connectivity index is 1.88. The van der Waals surface area contributed by atoms with Crippen molar-refractivity contribution < 1.29 is 4.92 Å². The first-order valence-corrected chi connectivity index (χ1v) is 7.99. The summed E-state index contributed by atoms with van der Waals surface area (Å²) in [5.74, 6) is 0. The summed E-state index contributed by atoms with van der Waals surface area (Å²) in [7, 11) is 0. The SMILES string of the molecule is O=[N+]([O-])c1cc(CNc2c(Cl)cc(Cl)c3nsnc23)cs1. The van der Waals surface area contributed by atoms with Crippen LogP contribution in [0.1, 0.15) is 5.56 Å². The van der Waals surface area contributed by atoms with Crippen LogP contribution in [0.3, 0.4) is 0 Å². The maximum absolute atomic E-state index is 10.7. The van der Waals surface area contributed by atoms with Gasteiger partial charge in [0.2, 0.25) is 0 Å². The molecule has 0 atom stereocenters. The van der Waals surface area contributed by atoms with E-state index in [0.29, 0.717) is 33.3 Å². The van der Waals surface area contributed by atoms with Gasteiger partial charge in [0.1, 0.15) is 11.0 Å². The van der Waals surface area contributed by atoms with Crippen LogP contribution in [0, 0.1) is 10.1 Å². The van der Waals surface area contributed by atoms with E-state index in [1.165, 1.54) is 6.07 Å². The van der Waals surface area contributed by atoms with E-state index in [1.807, 2.05) is 0 Å². The Hall–Kier alpha value is -1.48. The fourth-order valence-corrected chi connectivity index (χ4v) is 3.69. The van der Waals surface area contributed by atoms with Gasteiger partial charge in [-0.1, -0.05) is 34.5 Å². The fourth-order valence-electron chi connectivity index (χ4n) is 1.78. The van der Waals surface area contributed by atoms with E-state index < -0.39 is 4.92 Å². The number of aromatic nitrogens is 2. The first kappa shape index (κ1) is 14.5. The molecule has 2 aromatic heterocycles. The van der Waals surface area contributed by atoms with E-state index >= 15 is 0 Å².